The highest BCUT2D eigenvalue weighted by atomic mass is 16.5. The Hall–Kier alpha value is -2.74. The molecule has 0 bridgehead atoms. The molecule has 8 nitrogen and oxygen atoms in total. The Kier molecular flexibility index (Phi) is 4.65. The summed E-state index contributed by atoms with van der Waals surface area (Å²) in [5, 5.41) is 8.67. The Bertz CT molecular complexity index is 977. The molecule has 4 rings (SSSR count). The fourth-order valence-corrected chi connectivity index (χ4v) is 3.78. The van der Waals surface area contributed by atoms with Crippen LogP contribution in [0.1, 0.15) is 35.8 Å². The van der Waals surface area contributed by atoms with Gasteiger partial charge >= 0.3 is 0 Å². The number of hydrogen-bond acceptors (Lipinski definition) is 6. The van der Waals surface area contributed by atoms with E-state index in [2.05, 4.69) is 15.2 Å². The normalized spacial score (nSPS) is 17.6. The largest absolute Gasteiger partial charge is 0.375 e. The van der Waals surface area contributed by atoms with E-state index in [9.17, 15) is 4.79 Å². The number of hydrogen-bond donors (Lipinski definition) is 0. The van der Waals surface area contributed by atoms with Crippen LogP contribution in [0.25, 0.3) is 17.0 Å². The quantitative estimate of drug-likeness (QED) is 0.702. The lowest BCUT2D eigenvalue weighted by molar-refractivity contribution is -0.136. The number of methoxy groups -OCH3 is 1. The van der Waals surface area contributed by atoms with Crippen molar-refractivity contribution >= 4 is 11.6 Å². The van der Waals surface area contributed by atoms with Crippen molar-refractivity contribution in [1.82, 2.24) is 24.7 Å². The van der Waals surface area contributed by atoms with E-state index in [1.807, 2.05) is 41.6 Å². The summed E-state index contributed by atoms with van der Waals surface area (Å²) in [5.74, 6) is 0.816. The number of aryl methyl sites for hydroxylation is 2. The number of rotatable bonds is 4. The van der Waals surface area contributed by atoms with Gasteiger partial charge in [-0.1, -0.05) is 5.16 Å². The summed E-state index contributed by atoms with van der Waals surface area (Å²) < 4.78 is 12.4. The predicted octanol–water partition coefficient (Wildman–Crippen LogP) is 2.35. The molecule has 8 heteroatoms. The minimum absolute atomic E-state index is 0.0150. The Morgan fingerprint density at radius 2 is 2.19 bits per heavy atom. The van der Waals surface area contributed by atoms with Gasteiger partial charge in [0.1, 0.15) is 6.61 Å². The van der Waals surface area contributed by atoms with E-state index in [1.165, 1.54) is 0 Å². The molecule has 4 heterocycles. The highest BCUT2D eigenvalue weighted by molar-refractivity contribution is 5.77. The van der Waals surface area contributed by atoms with Crippen LogP contribution in [0.3, 0.4) is 0 Å². The maximum absolute atomic E-state index is 12.3. The van der Waals surface area contributed by atoms with E-state index in [0.717, 1.165) is 47.7 Å². The van der Waals surface area contributed by atoms with E-state index in [1.54, 1.807) is 7.11 Å². The first-order valence-corrected chi connectivity index (χ1v) is 9.12. The molecule has 0 aliphatic carbocycles. The lowest BCUT2D eigenvalue weighted by Crippen LogP contribution is -2.41. The van der Waals surface area contributed by atoms with E-state index in [0.29, 0.717) is 12.3 Å². The monoisotopic (exact) mass is 369 g/mol. The summed E-state index contributed by atoms with van der Waals surface area (Å²) in [4.78, 5) is 18.7. The van der Waals surface area contributed by atoms with Crippen LogP contribution >= 0.6 is 0 Å². The van der Waals surface area contributed by atoms with Crippen LogP contribution in [0.2, 0.25) is 0 Å². The Balaban J connectivity index is 1.80. The summed E-state index contributed by atoms with van der Waals surface area (Å²) >= 11 is 0. The molecule has 142 valence electrons. The molecule has 1 aliphatic rings. The van der Waals surface area contributed by atoms with Gasteiger partial charge in [0.25, 0.3) is 0 Å². The summed E-state index contributed by atoms with van der Waals surface area (Å²) in [6.07, 6.45) is 3.72. The van der Waals surface area contributed by atoms with Crippen LogP contribution in [0, 0.1) is 13.8 Å². The zero-order valence-electron chi connectivity index (χ0n) is 15.8. The molecular weight excluding hydrogens is 346 g/mol. The summed E-state index contributed by atoms with van der Waals surface area (Å²) in [6.45, 7) is 5.32. The van der Waals surface area contributed by atoms with Crippen molar-refractivity contribution in [2.24, 2.45) is 0 Å². The van der Waals surface area contributed by atoms with Gasteiger partial charge in [-0.25, -0.2) is 9.50 Å². The van der Waals surface area contributed by atoms with Gasteiger partial charge in [0.2, 0.25) is 5.91 Å². The second-order valence-electron chi connectivity index (χ2n) is 7.06. The van der Waals surface area contributed by atoms with Crippen LogP contribution in [-0.2, 0) is 9.53 Å². The van der Waals surface area contributed by atoms with Crippen molar-refractivity contribution in [3.63, 3.8) is 0 Å². The number of likely N-dealkylation sites (tertiary alicyclic amines) is 1. The number of carbonyl (C=O) groups excluding carboxylic acids is 1. The predicted molar refractivity (Wildman–Crippen MR) is 98.4 cm³/mol. The SMILES string of the molecule is COCC(=O)N1CCCC(c2c(-c3cc(C)no3)cnc3cc(C)nn23)C1. The number of aromatic nitrogens is 4. The number of nitrogens with zero attached hydrogens (tertiary/aromatic N) is 5. The van der Waals surface area contributed by atoms with Crippen molar-refractivity contribution in [1.29, 1.82) is 0 Å². The maximum Gasteiger partial charge on any atom is 0.248 e. The second kappa shape index (κ2) is 7.11. The molecule has 27 heavy (non-hydrogen) atoms. The first kappa shape index (κ1) is 17.7. The topological polar surface area (TPSA) is 85.8 Å². The molecule has 1 fully saturated rings. The molecule has 1 atom stereocenters. The summed E-state index contributed by atoms with van der Waals surface area (Å²) in [7, 11) is 1.54. The molecule has 0 aromatic carbocycles. The zero-order valence-corrected chi connectivity index (χ0v) is 15.8. The van der Waals surface area contributed by atoms with Gasteiger partial charge in [-0.2, -0.15) is 5.10 Å². The average Bonchev–Trinajstić information content (AvgIpc) is 3.25. The highest BCUT2D eigenvalue weighted by Gasteiger charge is 2.30. The number of piperidine rings is 1. The lowest BCUT2D eigenvalue weighted by Gasteiger charge is -2.33. The molecule has 0 N–H and O–H groups in total. The molecule has 1 amide bonds. The number of carbonyl (C=O) groups is 1. The number of amides is 1. The van der Waals surface area contributed by atoms with Gasteiger partial charge in [-0.3, -0.25) is 4.79 Å². The molecular formula is C19H23N5O3. The third-order valence-electron chi connectivity index (χ3n) is 4.96. The minimum atomic E-state index is 0.0150. The maximum atomic E-state index is 12.3. The van der Waals surface area contributed by atoms with E-state index in [-0.39, 0.29) is 18.4 Å². The third-order valence-corrected chi connectivity index (χ3v) is 4.96. The fraction of sp³-hybridized carbons (Fsp3) is 0.474. The Labute approximate surface area is 157 Å². The van der Waals surface area contributed by atoms with Gasteiger partial charge in [-0.15, -0.1) is 0 Å². The molecule has 3 aromatic heterocycles. The van der Waals surface area contributed by atoms with Crippen molar-refractivity contribution in [3.05, 3.63) is 35.4 Å². The van der Waals surface area contributed by atoms with Gasteiger partial charge < -0.3 is 14.2 Å². The van der Waals surface area contributed by atoms with E-state index >= 15 is 0 Å². The lowest BCUT2D eigenvalue weighted by atomic mass is 9.91. The van der Waals surface area contributed by atoms with Crippen molar-refractivity contribution in [2.75, 3.05) is 26.8 Å². The van der Waals surface area contributed by atoms with Crippen molar-refractivity contribution < 1.29 is 14.1 Å². The van der Waals surface area contributed by atoms with Crippen LogP contribution < -0.4 is 0 Å². The molecule has 0 spiro atoms. The van der Waals surface area contributed by atoms with Gasteiger partial charge in [0, 0.05) is 44.4 Å². The fourth-order valence-electron chi connectivity index (χ4n) is 3.78. The van der Waals surface area contributed by atoms with Crippen molar-refractivity contribution in [2.45, 2.75) is 32.6 Å². The zero-order chi connectivity index (χ0) is 19.0. The Morgan fingerprint density at radius 3 is 2.93 bits per heavy atom. The summed E-state index contributed by atoms with van der Waals surface area (Å²) in [6, 6.07) is 3.86. The van der Waals surface area contributed by atoms with E-state index in [4.69, 9.17) is 9.26 Å². The van der Waals surface area contributed by atoms with Crippen molar-refractivity contribution in [3.8, 4) is 11.3 Å². The van der Waals surface area contributed by atoms with Gasteiger partial charge in [0.15, 0.2) is 11.4 Å². The van der Waals surface area contributed by atoms with Crippen LogP contribution in [-0.4, -0.2) is 57.4 Å². The number of fused-ring (bicyclic) bond motifs is 1. The van der Waals surface area contributed by atoms with Crippen LogP contribution in [0.15, 0.2) is 22.9 Å². The molecule has 1 saturated heterocycles. The van der Waals surface area contributed by atoms with Gasteiger partial charge in [0.05, 0.1) is 22.6 Å². The molecule has 1 unspecified atom stereocenters. The third kappa shape index (κ3) is 3.32. The minimum Gasteiger partial charge on any atom is -0.375 e. The second-order valence-corrected chi connectivity index (χ2v) is 7.06. The summed E-state index contributed by atoms with van der Waals surface area (Å²) in [5.41, 5.74) is 4.39. The van der Waals surface area contributed by atoms with E-state index < -0.39 is 0 Å². The Morgan fingerprint density at radius 1 is 1.33 bits per heavy atom. The average molecular weight is 369 g/mol. The van der Waals surface area contributed by atoms with Crippen LogP contribution in [0.4, 0.5) is 0 Å². The smallest absolute Gasteiger partial charge is 0.248 e. The first-order chi connectivity index (χ1) is 13.1. The standard InChI is InChI=1S/C19H23N5O3/c1-12-8-17-20-9-15(16-7-13(2)22-27-16)19(24(17)21-12)14-5-4-6-23(10-14)18(25)11-26-3/h7-9,14H,4-6,10-11H2,1-3H3. The molecule has 1 aliphatic heterocycles. The van der Waals surface area contributed by atoms with Gasteiger partial charge in [-0.05, 0) is 26.7 Å². The highest BCUT2D eigenvalue weighted by Crippen LogP contribution is 2.35. The number of ether oxygens (including phenoxy) is 1. The molecule has 0 radical (unpaired) electrons. The molecule has 0 saturated carbocycles. The first-order valence-electron chi connectivity index (χ1n) is 9.12. The van der Waals surface area contributed by atoms with Crippen LogP contribution in [0.5, 0.6) is 0 Å². The molecule has 3 aromatic rings.